The van der Waals surface area contributed by atoms with Gasteiger partial charge in [-0.05, 0) is 17.7 Å². The molecule has 0 aliphatic carbocycles. The Morgan fingerprint density at radius 3 is 2.72 bits per heavy atom. The molecule has 0 atom stereocenters. The Kier molecular flexibility index (Phi) is 3.56. The summed E-state index contributed by atoms with van der Waals surface area (Å²) in [6.45, 7) is 0.214. The van der Waals surface area contributed by atoms with Crippen molar-refractivity contribution in [3.63, 3.8) is 0 Å². The first kappa shape index (κ1) is 12.9. The Morgan fingerprint density at radius 2 is 2.06 bits per heavy atom. The van der Waals surface area contributed by atoms with Crippen molar-refractivity contribution in [2.45, 2.75) is 18.6 Å². The minimum atomic E-state index is -4.34. The highest BCUT2D eigenvalue weighted by Gasteiger charge is 2.30. The van der Waals surface area contributed by atoms with Crippen LogP contribution in [-0.2, 0) is 18.6 Å². The number of halogens is 4. The van der Waals surface area contributed by atoms with Crippen LogP contribution in [0.1, 0.15) is 17.0 Å². The van der Waals surface area contributed by atoms with Gasteiger partial charge in [-0.15, -0.1) is 11.6 Å². The molecule has 7 heteroatoms. The van der Waals surface area contributed by atoms with Gasteiger partial charge in [-0.1, -0.05) is 12.1 Å². The number of hydrogen-bond donors (Lipinski definition) is 0. The molecule has 0 spiro atoms. The van der Waals surface area contributed by atoms with E-state index in [-0.39, 0.29) is 12.4 Å². The molecule has 1 aromatic carbocycles. The van der Waals surface area contributed by atoms with E-state index in [1.54, 1.807) is 6.07 Å². The van der Waals surface area contributed by atoms with Crippen molar-refractivity contribution in [2.24, 2.45) is 0 Å². The number of aromatic nitrogens is 3. The Bertz CT molecular complexity index is 536. The zero-order valence-electron chi connectivity index (χ0n) is 9.15. The van der Waals surface area contributed by atoms with Crippen molar-refractivity contribution in [1.29, 1.82) is 0 Å². The normalized spacial score (nSPS) is 11.8. The van der Waals surface area contributed by atoms with Gasteiger partial charge in [-0.2, -0.15) is 18.3 Å². The average molecular weight is 276 g/mol. The summed E-state index contributed by atoms with van der Waals surface area (Å²) in [6.07, 6.45) is -3.01. The summed E-state index contributed by atoms with van der Waals surface area (Å²) in [5.41, 5.74) is -0.172. The summed E-state index contributed by atoms with van der Waals surface area (Å²) >= 11 is 5.64. The van der Waals surface area contributed by atoms with E-state index < -0.39 is 11.7 Å². The van der Waals surface area contributed by atoms with Crippen LogP contribution in [0.4, 0.5) is 13.2 Å². The van der Waals surface area contributed by atoms with Crippen LogP contribution in [0.15, 0.2) is 30.6 Å². The van der Waals surface area contributed by atoms with Crippen LogP contribution in [0.2, 0.25) is 0 Å². The molecule has 0 aliphatic rings. The molecule has 2 aromatic rings. The maximum Gasteiger partial charge on any atom is 0.416 e. The second-order valence-electron chi connectivity index (χ2n) is 3.67. The predicted molar refractivity (Wildman–Crippen MR) is 60.1 cm³/mol. The van der Waals surface area contributed by atoms with E-state index in [4.69, 9.17) is 11.6 Å². The molecule has 3 nitrogen and oxygen atoms in total. The van der Waals surface area contributed by atoms with Crippen molar-refractivity contribution < 1.29 is 13.2 Å². The first-order valence-electron chi connectivity index (χ1n) is 5.09. The summed E-state index contributed by atoms with van der Waals surface area (Å²) < 4.78 is 39.1. The Labute approximate surface area is 106 Å². The van der Waals surface area contributed by atoms with Crippen LogP contribution < -0.4 is 0 Å². The maximum atomic E-state index is 12.5. The second kappa shape index (κ2) is 4.97. The van der Waals surface area contributed by atoms with Gasteiger partial charge < -0.3 is 0 Å². The average Bonchev–Trinajstić information content (AvgIpc) is 2.75. The third-order valence-electron chi connectivity index (χ3n) is 2.40. The Hall–Kier alpha value is -1.56. The van der Waals surface area contributed by atoms with Gasteiger partial charge in [0.1, 0.15) is 12.2 Å². The van der Waals surface area contributed by atoms with Gasteiger partial charge in [0.2, 0.25) is 0 Å². The van der Waals surface area contributed by atoms with Crippen molar-refractivity contribution in [3.8, 4) is 0 Å². The molecule has 0 saturated heterocycles. The van der Waals surface area contributed by atoms with Crippen molar-refractivity contribution in [3.05, 3.63) is 47.5 Å². The zero-order chi connectivity index (χ0) is 13.2. The zero-order valence-corrected chi connectivity index (χ0v) is 9.91. The van der Waals surface area contributed by atoms with Gasteiger partial charge in [0.05, 0.1) is 18.0 Å². The summed E-state index contributed by atoms with van der Waals surface area (Å²) in [7, 11) is 0. The summed E-state index contributed by atoms with van der Waals surface area (Å²) in [5, 5.41) is 3.91. The predicted octanol–water partition coefficient (Wildman–Crippen LogP) is 3.08. The molecule has 2 rings (SSSR count). The van der Waals surface area contributed by atoms with Gasteiger partial charge in [0.15, 0.2) is 0 Å². The van der Waals surface area contributed by atoms with Crippen LogP contribution in [0, 0.1) is 0 Å². The van der Waals surface area contributed by atoms with E-state index in [0.29, 0.717) is 11.4 Å². The van der Waals surface area contributed by atoms with Crippen LogP contribution in [0.25, 0.3) is 0 Å². The van der Waals surface area contributed by atoms with Gasteiger partial charge in [-0.25, -0.2) is 9.67 Å². The van der Waals surface area contributed by atoms with E-state index in [1.165, 1.54) is 17.1 Å². The molecule has 0 aliphatic heterocycles. The number of alkyl halides is 4. The largest absolute Gasteiger partial charge is 0.416 e. The summed E-state index contributed by atoms with van der Waals surface area (Å²) in [4.78, 5) is 3.90. The summed E-state index contributed by atoms with van der Waals surface area (Å²) in [5.74, 6) is 0.688. The van der Waals surface area contributed by atoms with E-state index in [0.717, 1.165) is 12.1 Å². The molecule has 0 bridgehead atoms. The number of nitrogens with zero attached hydrogens (tertiary/aromatic N) is 3. The Morgan fingerprint density at radius 1 is 1.28 bits per heavy atom. The smallest absolute Gasteiger partial charge is 0.244 e. The third-order valence-corrected chi connectivity index (χ3v) is 2.64. The first-order valence-corrected chi connectivity index (χ1v) is 5.63. The molecule has 0 fully saturated rings. The number of hydrogen-bond acceptors (Lipinski definition) is 2. The third kappa shape index (κ3) is 2.81. The quantitative estimate of drug-likeness (QED) is 0.806. The molecule has 0 unspecified atom stereocenters. The molecule has 0 amide bonds. The van der Waals surface area contributed by atoms with Gasteiger partial charge in [0.25, 0.3) is 0 Å². The van der Waals surface area contributed by atoms with Crippen LogP contribution >= 0.6 is 11.6 Å². The van der Waals surface area contributed by atoms with Crippen molar-refractivity contribution >= 4 is 11.6 Å². The topological polar surface area (TPSA) is 30.7 Å². The second-order valence-corrected chi connectivity index (χ2v) is 3.93. The highest BCUT2D eigenvalue weighted by atomic mass is 35.5. The SMILES string of the molecule is FC(F)(F)c1cccc(Cn2ncnc2CCl)c1. The highest BCUT2D eigenvalue weighted by molar-refractivity contribution is 6.16. The molecule has 0 saturated carbocycles. The lowest BCUT2D eigenvalue weighted by Crippen LogP contribution is -2.09. The van der Waals surface area contributed by atoms with E-state index in [9.17, 15) is 13.2 Å². The fourth-order valence-electron chi connectivity index (χ4n) is 1.54. The lowest BCUT2D eigenvalue weighted by Gasteiger charge is -2.09. The number of rotatable bonds is 3. The molecule has 18 heavy (non-hydrogen) atoms. The molecule has 0 N–H and O–H groups in total. The molecule has 1 aromatic heterocycles. The minimum absolute atomic E-state index is 0.166. The van der Waals surface area contributed by atoms with E-state index in [1.807, 2.05) is 0 Å². The van der Waals surface area contributed by atoms with Gasteiger partial charge in [0, 0.05) is 0 Å². The summed E-state index contributed by atoms with van der Waals surface area (Å²) in [6, 6.07) is 5.11. The van der Waals surface area contributed by atoms with Crippen LogP contribution in [0.5, 0.6) is 0 Å². The molecular formula is C11H9ClF3N3. The van der Waals surface area contributed by atoms with Crippen LogP contribution in [-0.4, -0.2) is 14.8 Å². The first-order chi connectivity index (χ1) is 8.50. The monoisotopic (exact) mass is 275 g/mol. The van der Waals surface area contributed by atoms with Crippen molar-refractivity contribution in [1.82, 2.24) is 14.8 Å². The van der Waals surface area contributed by atoms with Crippen molar-refractivity contribution in [2.75, 3.05) is 0 Å². The molecule has 96 valence electrons. The highest BCUT2D eigenvalue weighted by Crippen LogP contribution is 2.29. The standard InChI is InChI=1S/C11H9ClF3N3/c12-5-10-16-7-17-18(10)6-8-2-1-3-9(4-8)11(13,14)15/h1-4,7H,5-6H2. The van der Waals surface area contributed by atoms with Gasteiger partial charge >= 0.3 is 6.18 Å². The lowest BCUT2D eigenvalue weighted by molar-refractivity contribution is -0.137. The number of benzene rings is 1. The maximum absolute atomic E-state index is 12.5. The van der Waals surface area contributed by atoms with E-state index in [2.05, 4.69) is 10.1 Å². The van der Waals surface area contributed by atoms with Gasteiger partial charge in [-0.3, -0.25) is 0 Å². The Balaban J connectivity index is 2.25. The molecular weight excluding hydrogens is 267 g/mol. The molecule has 1 heterocycles. The minimum Gasteiger partial charge on any atom is -0.244 e. The molecule has 0 radical (unpaired) electrons. The lowest BCUT2D eigenvalue weighted by atomic mass is 10.1. The fraction of sp³-hybridized carbons (Fsp3) is 0.273. The fourth-order valence-corrected chi connectivity index (χ4v) is 1.75. The van der Waals surface area contributed by atoms with Crippen LogP contribution in [0.3, 0.4) is 0 Å². The van der Waals surface area contributed by atoms with E-state index >= 15 is 0 Å².